The van der Waals surface area contributed by atoms with Gasteiger partial charge in [-0.05, 0) is 20.3 Å². The van der Waals surface area contributed by atoms with Gasteiger partial charge in [0.05, 0.1) is 5.37 Å². The van der Waals surface area contributed by atoms with Crippen LogP contribution in [0.3, 0.4) is 0 Å². The van der Waals surface area contributed by atoms with Gasteiger partial charge in [-0.3, -0.25) is 0 Å². The standard InChI is InChI=1S/C8H20N2O2S2/c1-4-5-6-7(2)9-14(11,12)10-8(3)13/h7-10,13H,4-6H2,1-3H3. The fraction of sp³-hybridized carbons (Fsp3) is 1.00. The zero-order valence-electron chi connectivity index (χ0n) is 8.95. The van der Waals surface area contributed by atoms with Gasteiger partial charge in [0.1, 0.15) is 0 Å². The SMILES string of the molecule is CCCCC(C)NS(=O)(=O)NC(C)S. The van der Waals surface area contributed by atoms with E-state index in [1.807, 2.05) is 6.92 Å². The van der Waals surface area contributed by atoms with Crippen LogP contribution < -0.4 is 9.44 Å². The zero-order chi connectivity index (χ0) is 11.2. The van der Waals surface area contributed by atoms with Crippen LogP contribution in [-0.4, -0.2) is 19.8 Å². The number of nitrogens with one attached hydrogen (secondary N) is 2. The van der Waals surface area contributed by atoms with E-state index < -0.39 is 10.2 Å². The summed E-state index contributed by atoms with van der Waals surface area (Å²) in [6, 6.07) is -0.0282. The van der Waals surface area contributed by atoms with Gasteiger partial charge in [0.25, 0.3) is 10.2 Å². The Morgan fingerprint density at radius 3 is 2.29 bits per heavy atom. The summed E-state index contributed by atoms with van der Waals surface area (Å²) in [7, 11) is -3.39. The Morgan fingerprint density at radius 2 is 1.86 bits per heavy atom. The first-order valence-electron chi connectivity index (χ1n) is 4.85. The van der Waals surface area contributed by atoms with E-state index in [0.29, 0.717) is 0 Å². The maximum absolute atomic E-state index is 11.3. The largest absolute Gasteiger partial charge is 0.278 e. The molecule has 0 spiro atoms. The molecule has 14 heavy (non-hydrogen) atoms. The summed E-state index contributed by atoms with van der Waals surface area (Å²) in [5.41, 5.74) is 0. The van der Waals surface area contributed by atoms with Crippen LogP contribution in [0, 0.1) is 0 Å². The van der Waals surface area contributed by atoms with Gasteiger partial charge in [-0.25, -0.2) is 0 Å². The second-order valence-electron chi connectivity index (χ2n) is 3.46. The molecule has 0 rings (SSSR count). The monoisotopic (exact) mass is 240 g/mol. The van der Waals surface area contributed by atoms with Gasteiger partial charge in [0.2, 0.25) is 0 Å². The van der Waals surface area contributed by atoms with E-state index in [2.05, 4.69) is 29.0 Å². The lowest BCUT2D eigenvalue weighted by molar-refractivity contribution is 0.524. The number of thiol groups is 1. The Morgan fingerprint density at radius 1 is 1.29 bits per heavy atom. The van der Waals surface area contributed by atoms with Crippen LogP contribution in [0.1, 0.15) is 40.0 Å². The first-order chi connectivity index (χ1) is 6.37. The second-order valence-corrected chi connectivity index (χ2v) is 5.71. The molecule has 2 unspecified atom stereocenters. The third-order valence-electron chi connectivity index (χ3n) is 1.67. The Bertz CT molecular complexity index is 240. The van der Waals surface area contributed by atoms with Gasteiger partial charge in [0.15, 0.2) is 0 Å². The van der Waals surface area contributed by atoms with Crippen molar-refractivity contribution < 1.29 is 8.42 Å². The quantitative estimate of drug-likeness (QED) is 0.463. The van der Waals surface area contributed by atoms with E-state index in [1.165, 1.54) is 0 Å². The van der Waals surface area contributed by atoms with Crippen LogP contribution in [0.25, 0.3) is 0 Å². The van der Waals surface area contributed by atoms with Crippen molar-refractivity contribution in [2.24, 2.45) is 0 Å². The van der Waals surface area contributed by atoms with E-state index in [1.54, 1.807) is 6.92 Å². The second kappa shape index (κ2) is 6.66. The topological polar surface area (TPSA) is 58.2 Å². The minimum absolute atomic E-state index is 0.0282. The van der Waals surface area contributed by atoms with E-state index >= 15 is 0 Å². The van der Waals surface area contributed by atoms with Crippen LogP contribution in [0.4, 0.5) is 0 Å². The van der Waals surface area contributed by atoms with Gasteiger partial charge in [-0.15, -0.1) is 0 Å². The molecule has 0 bridgehead atoms. The Kier molecular flexibility index (Phi) is 6.76. The van der Waals surface area contributed by atoms with Gasteiger partial charge < -0.3 is 0 Å². The summed E-state index contributed by atoms with van der Waals surface area (Å²) >= 11 is 3.95. The predicted octanol–water partition coefficient (Wildman–Crippen LogP) is 1.26. The van der Waals surface area contributed by atoms with Crippen LogP contribution in [-0.2, 0) is 10.2 Å². The summed E-state index contributed by atoms with van der Waals surface area (Å²) in [4.78, 5) is 0. The normalized spacial score (nSPS) is 16.6. The molecule has 6 heteroatoms. The maximum Gasteiger partial charge on any atom is 0.278 e. The molecule has 0 fully saturated rings. The number of hydrogen-bond donors (Lipinski definition) is 3. The molecule has 0 aromatic carbocycles. The van der Waals surface area contributed by atoms with Crippen molar-refractivity contribution in [3.8, 4) is 0 Å². The zero-order valence-corrected chi connectivity index (χ0v) is 10.7. The van der Waals surface area contributed by atoms with Gasteiger partial charge >= 0.3 is 0 Å². The molecule has 4 nitrogen and oxygen atoms in total. The van der Waals surface area contributed by atoms with Crippen molar-refractivity contribution in [2.75, 3.05) is 0 Å². The van der Waals surface area contributed by atoms with Gasteiger partial charge in [-0.2, -0.15) is 30.5 Å². The fourth-order valence-electron chi connectivity index (χ4n) is 1.09. The molecular weight excluding hydrogens is 220 g/mol. The first-order valence-corrected chi connectivity index (χ1v) is 6.85. The third kappa shape index (κ3) is 7.61. The highest BCUT2D eigenvalue weighted by Crippen LogP contribution is 2.01. The number of unbranched alkanes of at least 4 members (excludes halogenated alkanes) is 1. The third-order valence-corrected chi connectivity index (χ3v) is 3.35. The summed E-state index contributed by atoms with van der Waals surface area (Å²) in [6.07, 6.45) is 2.96. The molecule has 0 aliphatic heterocycles. The highest BCUT2D eigenvalue weighted by molar-refractivity contribution is 7.89. The van der Waals surface area contributed by atoms with Crippen molar-refractivity contribution in [1.82, 2.24) is 9.44 Å². The van der Waals surface area contributed by atoms with Crippen molar-refractivity contribution in [1.29, 1.82) is 0 Å². The molecular formula is C8H20N2O2S2. The molecule has 0 aliphatic rings. The lowest BCUT2D eigenvalue weighted by Crippen LogP contribution is -2.43. The molecule has 0 saturated carbocycles. The summed E-state index contributed by atoms with van der Waals surface area (Å²) < 4.78 is 27.6. The minimum atomic E-state index is -3.39. The molecule has 0 aliphatic carbocycles. The smallest absolute Gasteiger partial charge is 0.199 e. The molecule has 0 heterocycles. The Labute approximate surface area is 92.4 Å². The van der Waals surface area contributed by atoms with Crippen molar-refractivity contribution in [2.45, 2.75) is 51.4 Å². The molecule has 2 atom stereocenters. The average Bonchev–Trinajstić information content (AvgIpc) is 1.96. The fourth-order valence-corrected chi connectivity index (χ4v) is 2.67. The lowest BCUT2D eigenvalue weighted by atomic mass is 10.2. The van der Waals surface area contributed by atoms with E-state index in [0.717, 1.165) is 19.3 Å². The van der Waals surface area contributed by atoms with E-state index in [-0.39, 0.29) is 11.4 Å². The Hall–Kier alpha value is 0.220. The molecule has 0 saturated heterocycles. The molecule has 0 aromatic rings. The highest BCUT2D eigenvalue weighted by Gasteiger charge is 2.14. The van der Waals surface area contributed by atoms with Gasteiger partial charge in [0, 0.05) is 6.04 Å². The van der Waals surface area contributed by atoms with Crippen LogP contribution >= 0.6 is 12.6 Å². The molecule has 0 amide bonds. The maximum atomic E-state index is 11.3. The lowest BCUT2D eigenvalue weighted by Gasteiger charge is -2.15. The van der Waals surface area contributed by atoms with Crippen molar-refractivity contribution in [3.05, 3.63) is 0 Å². The summed E-state index contributed by atoms with van der Waals surface area (Å²) in [6.45, 7) is 5.60. The predicted molar refractivity (Wildman–Crippen MR) is 62.6 cm³/mol. The number of hydrogen-bond acceptors (Lipinski definition) is 3. The van der Waals surface area contributed by atoms with Gasteiger partial charge in [-0.1, -0.05) is 19.8 Å². The minimum Gasteiger partial charge on any atom is -0.199 e. The van der Waals surface area contributed by atoms with Crippen molar-refractivity contribution in [3.63, 3.8) is 0 Å². The summed E-state index contributed by atoms with van der Waals surface area (Å²) in [5, 5.41) is -0.370. The van der Waals surface area contributed by atoms with E-state index in [4.69, 9.17) is 0 Å². The Balaban J connectivity index is 3.96. The molecule has 0 aromatic heterocycles. The number of rotatable bonds is 7. The first kappa shape index (κ1) is 14.2. The average molecular weight is 240 g/mol. The van der Waals surface area contributed by atoms with Crippen LogP contribution in [0.2, 0.25) is 0 Å². The van der Waals surface area contributed by atoms with Crippen LogP contribution in [0.15, 0.2) is 0 Å². The molecule has 0 radical (unpaired) electrons. The van der Waals surface area contributed by atoms with Crippen LogP contribution in [0.5, 0.6) is 0 Å². The van der Waals surface area contributed by atoms with Crippen molar-refractivity contribution >= 4 is 22.8 Å². The summed E-state index contributed by atoms with van der Waals surface area (Å²) in [5.74, 6) is 0. The molecule has 2 N–H and O–H groups in total. The van der Waals surface area contributed by atoms with E-state index in [9.17, 15) is 8.42 Å². The highest BCUT2D eigenvalue weighted by atomic mass is 32.2. The molecule has 86 valence electrons.